The number of rotatable bonds is 2. The standard InChI is InChI=1S/C10H11NO3/c1-13-10-9(12)7-5-3-4-6-8(7)11(10)14-2/h3-6,10H,1-2H3. The minimum absolute atomic E-state index is 0.0649. The maximum Gasteiger partial charge on any atom is 0.217 e. The van der Waals surface area contributed by atoms with Crippen molar-refractivity contribution in [3.05, 3.63) is 29.8 Å². The van der Waals surface area contributed by atoms with Crippen LogP contribution in [0.1, 0.15) is 10.4 Å². The molecule has 14 heavy (non-hydrogen) atoms. The van der Waals surface area contributed by atoms with Crippen molar-refractivity contribution in [1.29, 1.82) is 0 Å². The number of carbonyl (C=O) groups is 1. The van der Waals surface area contributed by atoms with Gasteiger partial charge >= 0.3 is 0 Å². The van der Waals surface area contributed by atoms with Crippen LogP contribution in [0.25, 0.3) is 0 Å². The van der Waals surface area contributed by atoms with Crippen LogP contribution in [0.3, 0.4) is 0 Å². The first-order valence-corrected chi connectivity index (χ1v) is 4.29. The average Bonchev–Trinajstić information content (AvgIpc) is 2.51. The van der Waals surface area contributed by atoms with Gasteiger partial charge in [-0.1, -0.05) is 12.1 Å². The first kappa shape index (κ1) is 9.18. The number of nitrogens with zero attached hydrogens (tertiary/aromatic N) is 1. The van der Waals surface area contributed by atoms with Crippen molar-refractivity contribution in [3.63, 3.8) is 0 Å². The van der Waals surface area contributed by atoms with Crippen LogP contribution in [-0.4, -0.2) is 26.2 Å². The first-order chi connectivity index (χ1) is 6.79. The van der Waals surface area contributed by atoms with Gasteiger partial charge in [-0.05, 0) is 12.1 Å². The lowest BCUT2D eigenvalue weighted by Gasteiger charge is -2.21. The van der Waals surface area contributed by atoms with E-state index in [1.54, 1.807) is 6.07 Å². The topological polar surface area (TPSA) is 38.8 Å². The smallest absolute Gasteiger partial charge is 0.217 e. The van der Waals surface area contributed by atoms with E-state index in [1.807, 2.05) is 18.2 Å². The Morgan fingerprint density at radius 1 is 1.29 bits per heavy atom. The molecule has 2 rings (SSSR count). The number of carbonyl (C=O) groups excluding carboxylic acids is 1. The maximum absolute atomic E-state index is 11.8. The second-order valence-electron chi connectivity index (χ2n) is 2.98. The summed E-state index contributed by atoms with van der Waals surface area (Å²) >= 11 is 0. The molecule has 0 saturated heterocycles. The summed E-state index contributed by atoms with van der Waals surface area (Å²) < 4.78 is 5.06. The van der Waals surface area contributed by atoms with Crippen LogP contribution in [0.5, 0.6) is 0 Å². The lowest BCUT2D eigenvalue weighted by molar-refractivity contribution is 0.0162. The fourth-order valence-electron chi connectivity index (χ4n) is 1.64. The fourth-order valence-corrected chi connectivity index (χ4v) is 1.64. The van der Waals surface area contributed by atoms with E-state index >= 15 is 0 Å². The van der Waals surface area contributed by atoms with Crippen molar-refractivity contribution in [3.8, 4) is 0 Å². The highest BCUT2D eigenvalue weighted by atomic mass is 16.7. The van der Waals surface area contributed by atoms with Gasteiger partial charge in [0.05, 0.1) is 12.8 Å². The van der Waals surface area contributed by atoms with Gasteiger partial charge in [0.25, 0.3) is 0 Å². The van der Waals surface area contributed by atoms with E-state index in [0.29, 0.717) is 5.56 Å². The van der Waals surface area contributed by atoms with E-state index in [4.69, 9.17) is 9.57 Å². The number of fused-ring (bicyclic) bond motifs is 1. The molecule has 1 heterocycles. The molecule has 0 amide bonds. The number of hydroxylamine groups is 1. The van der Waals surface area contributed by atoms with E-state index < -0.39 is 6.23 Å². The second-order valence-corrected chi connectivity index (χ2v) is 2.98. The predicted octanol–water partition coefficient (Wildman–Crippen LogP) is 1.22. The average molecular weight is 193 g/mol. The summed E-state index contributed by atoms with van der Waals surface area (Å²) in [4.78, 5) is 16.8. The maximum atomic E-state index is 11.8. The molecule has 74 valence electrons. The van der Waals surface area contributed by atoms with Gasteiger partial charge < -0.3 is 4.74 Å². The third-order valence-electron chi connectivity index (χ3n) is 2.26. The summed E-state index contributed by atoms with van der Waals surface area (Å²) in [5, 5.41) is 1.47. The zero-order chi connectivity index (χ0) is 10.1. The van der Waals surface area contributed by atoms with Crippen LogP contribution >= 0.6 is 0 Å². The highest BCUT2D eigenvalue weighted by molar-refractivity contribution is 6.09. The second kappa shape index (κ2) is 3.40. The molecule has 1 unspecified atom stereocenters. The van der Waals surface area contributed by atoms with Crippen LogP contribution < -0.4 is 5.06 Å². The number of para-hydroxylation sites is 1. The molecular formula is C10H11NO3. The largest absolute Gasteiger partial charge is 0.352 e. The van der Waals surface area contributed by atoms with Gasteiger partial charge in [-0.3, -0.25) is 9.63 Å². The molecule has 0 radical (unpaired) electrons. The molecule has 0 aliphatic carbocycles. The Labute approximate surface area is 82.0 Å². The van der Waals surface area contributed by atoms with Gasteiger partial charge in [0.1, 0.15) is 0 Å². The Bertz CT molecular complexity index is 364. The van der Waals surface area contributed by atoms with Crippen LogP contribution in [-0.2, 0) is 9.57 Å². The van der Waals surface area contributed by atoms with Crippen molar-refractivity contribution in [2.24, 2.45) is 0 Å². The van der Waals surface area contributed by atoms with Crippen LogP contribution in [0.2, 0.25) is 0 Å². The summed E-state index contributed by atoms with van der Waals surface area (Å²) in [7, 11) is 3.00. The normalized spacial score (nSPS) is 20.0. The highest BCUT2D eigenvalue weighted by Crippen LogP contribution is 2.31. The summed E-state index contributed by atoms with van der Waals surface area (Å²) in [6, 6.07) is 7.28. The number of benzene rings is 1. The molecule has 1 aliphatic rings. The van der Waals surface area contributed by atoms with Crippen molar-refractivity contribution in [1.82, 2.24) is 0 Å². The molecule has 0 fully saturated rings. The van der Waals surface area contributed by atoms with E-state index in [9.17, 15) is 4.79 Å². The number of ketones is 1. The SMILES string of the molecule is COC1C(=O)c2ccccc2N1OC. The molecule has 1 aliphatic heterocycles. The number of ether oxygens (including phenoxy) is 1. The molecule has 0 saturated carbocycles. The van der Waals surface area contributed by atoms with Crippen molar-refractivity contribution < 1.29 is 14.4 Å². The van der Waals surface area contributed by atoms with Gasteiger partial charge in [0.2, 0.25) is 12.0 Å². The zero-order valence-corrected chi connectivity index (χ0v) is 8.06. The molecule has 0 N–H and O–H groups in total. The van der Waals surface area contributed by atoms with Crippen molar-refractivity contribution in [2.45, 2.75) is 6.23 Å². The van der Waals surface area contributed by atoms with Crippen molar-refractivity contribution >= 4 is 11.5 Å². The zero-order valence-electron chi connectivity index (χ0n) is 8.06. The van der Waals surface area contributed by atoms with Gasteiger partial charge in [0, 0.05) is 12.7 Å². The molecule has 0 aromatic heterocycles. The molecule has 1 aromatic carbocycles. The molecule has 4 nitrogen and oxygen atoms in total. The predicted molar refractivity (Wildman–Crippen MR) is 51.1 cm³/mol. The molecule has 4 heteroatoms. The summed E-state index contributed by atoms with van der Waals surface area (Å²) in [5.41, 5.74) is 1.40. The lowest BCUT2D eigenvalue weighted by atomic mass is 10.1. The molecule has 0 bridgehead atoms. The summed E-state index contributed by atoms with van der Waals surface area (Å²) in [5.74, 6) is -0.0649. The number of methoxy groups -OCH3 is 1. The van der Waals surface area contributed by atoms with Gasteiger partial charge in [-0.15, -0.1) is 0 Å². The van der Waals surface area contributed by atoms with E-state index in [2.05, 4.69) is 0 Å². The summed E-state index contributed by atoms with van der Waals surface area (Å²) in [6.07, 6.45) is -0.655. The molecule has 1 aromatic rings. The Morgan fingerprint density at radius 2 is 2.00 bits per heavy atom. The minimum atomic E-state index is -0.655. The fraction of sp³-hybridized carbons (Fsp3) is 0.300. The van der Waals surface area contributed by atoms with Crippen LogP contribution in [0.4, 0.5) is 5.69 Å². The first-order valence-electron chi connectivity index (χ1n) is 4.29. The van der Waals surface area contributed by atoms with Gasteiger partial charge in [0.15, 0.2) is 0 Å². The van der Waals surface area contributed by atoms with E-state index in [1.165, 1.54) is 19.3 Å². The summed E-state index contributed by atoms with van der Waals surface area (Å²) in [6.45, 7) is 0. The van der Waals surface area contributed by atoms with Crippen molar-refractivity contribution in [2.75, 3.05) is 19.3 Å². The Hall–Kier alpha value is -1.39. The Kier molecular flexibility index (Phi) is 2.23. The monoisotopic (exact) mass is 193 g/mol. The van der Waals surface area contributed by atoms with E-state index in [0.717, 1.165) is 5.69 Å². The molecule has 0 spiro atoms. The third-order valence-corrected chi connectivity index (χ3v) is 2.26. The number of hydrogen-bond donors (Lipinski definition) is 0. The number of hydrogen-bond acceptors (Lipinski definition) is 4. The molecular weight excluding hydrogens is 182 g/mol. The van der Waals surface area contributed by atoms with Crippen LogP contribution in [0, 0.1) is 0 Å². The van der Waals surface area contributed by atoms with Crippen LogP contribution in [0.15, 0.2) is 24.3 Å². The Morgan fingerprint density at radius 3 is 2.64 bits per heavy atom. The minimum Gasteiger partial charge on any atom is -0.352 e. The highest BCUT2D eigenvalue weighted by Gasteiger charge is 2.37. The van der Waals surface area contributed by atoms with E-state index in [-0.39, 0.29) is 5.78 Å². The third kappa shape index (κ3) is 1.12. The van der Waals surface area contributed by atoms with Gasteiger partial charge in [-0.2, -0.15) is 0 Å². The van der Waals surface area contributed by atoms with Gasteiger partial charge in [-0.25, -0.2) is 5.06 Å². The number of Topliss-reactive ketones (excluding diaryl/α,β-unsaturated/α-hetero) is 1. The quantitative estimate of drug-likeness (QED) is 0.708. The lowest BCUT2D eigenvalue weighted by Crippen LogP contribution is -2.35. The Balaban J connectivity index is 2.48. The number of anilines is 1. The molecule has 1 atom stereocenters.